The number of ether oxygens (including phenoxy) is 2. The number of nitrogens with one attached hydrogen (secondary N) is 1. The lowest BCUT2D eigenvalue weighted by molar-refractivity contribution is 0.405. The number of nitrogens with zero attached hydrogens (tertiary/aromatic N) is 4. The van der Waals surface area contributed by atoms with Gasteiger partial charge >= 0.3 is 0 Å². The number of hydrogen-bond acceptors (Lipinski definition) is 7. The lowest BCUT2D eigenvalue weighted by atomic mass is 10.2. The smallest absolute Gasteiger partial charge is 0.222 e. The molecule has 0 fully saturated rings. The Morgan fingerprint density at radius 1 is 1.03 bits per heavy atom. The molecule has 0 amide bonds. The van der Waals surface area contributed by atoms with Crippen LogP contribution in [-0.4, -0.2) is 39.6 Å². The summed E-state index contributed by atoms with van der Waals surface area (Å²) < 4.78 is 12.9. The van der Waals surface area contributed by atoms with Crippen molar-refractivity contribution in [2.45, 2.75) is 0 Å². The van der Waals surface area contributed by atoms with E-state index in [1.807, 2.05) is 34.7 Å². The summed E-state index contributed by atoms with van der Waals surface area (Å²) in [6.07, 6.45) is 5.50. The number of benzene rings is 1. The van der Waals surface area contributed by atoms with E-state index in [1.54, 1.807) is 31.6 Å². The Labute approximate surface area is 173 Å². The molecule has 0 spiro atoms. The predicted molar refractivity (Wildman–Crippen MR) is 115 cm³/mol. The molecule has 30 heavy (non-hydrogen) atoms. The Morgan fingerprint density at radius 2 is 1.87 bits per heavy atom. The van der Waals surface area contributed by atoms with E-state index in [2.05, 4.69) is 21.4 Å². The van der Waals surface area contributed by atoms with E-state index in [1.165, 1.54) is 0 Å². The van der Waals surface area contributed by atoms with Gasteiger partial charge in [0.1, 0.15) is 17.3 Å². The quantitative estimate of drug-likeness (QED) is 0.531. The van der Waals surface area contributed by atoms with Gasteiger partial charge < -0.3 is 20.5 Å². The molecule has 3 aromatic heterocycles. The number of aromatic nitrogens is 4. The minimum Gasteiger partial charge on any atom is -0.497 e. The van der Waals surface area contributed by atoms with Crippen molar-refractivity contribution < 1.29 is 9.47 Å². The lowest BCUT2D eigenvalue weighted by Gasteiger charge is -2.07. The molecule has 3 N–H and O–H groups in total. The number of methoxy groups -OCH3 is 1. The Kier molecular flexibility index (Phi) is 4.53. The van der Waals surface area contributed by atoms with Gasteiger partial charge in [0.25, 0.3) is 0 Å². The summed E-state index contributed by atoms with van der Waals surface area (Å²) in [4.78, 5) is 13.4. The van der Waals surface area contributed by atoms with Gasteiger partial charge in [-0.3, -0.25) is 4.40 Å². The van der Waals surface area contributed by atoms with Crippen molar-refractivity contribution >= 4 is 17.0 Å². The van der Waals surface area contributed by atoms with Crippen molar-refractivity contribution in [3.05, 3.63) is 66.6 Å². The van der Waals surface area contributed by atoms with E-state index in [4.69, 9.17) is 20.2 Å². The number of rotatable bonds is 5. The number of imidazole rings is 1. The molecule has 5 rings (SSSR count). The van der Waals surface area contributed by atoms with Crippen molar-refractivity contribution in [2.24, 2.45) is 0 Å². The number of anilines is 1. The van der Waals surface area contributed by atoms with Crippen LogP contribution < -0.4 is 20.5 Å². The zero-order chi connectivity index (χ0) is 20.5. The lowest BCUT2D eigenvalue weighted by Crippen LogP contribution is -2.07. The molecule has 150 valence electrons. The average Bonchev–Trinajstić information content (AvgIpc) is 3.43. The maximum Gasteiger partial charge on any atom is 0.222 e. The van der Waals surface area contributed by atoms with Gasteiger partial charge in [0.2, 0.25) is 11.8 Å². The Balaban J connectivity index is 1.51. The van der Waals surface area contributed by atoms with Crippen molar-refractivity contribution in [3.8, 4) is 28.8 Å². The number of fused-ring (bicyclic) bond motifs is 1. The summed E-state index contributed by atoms with van der Waals surface area (Å²) in [5.74, 6) is 2.95. The SMILES string of the molecule is COc1ccnc(Oc2ccc(-c3nc(C4=CCNC4)c4ccnc(N)n34)cc2)c1. The minimum atomic E-state index is 0.397. The molecule has 8 nitrogen and oxygen atoms in total. The Bertz CT molecular complexity index is 1250. The maximum atomic E-state index is 6.20. The fourth-order valence-electron chi connectivity index (χ4n) is 3.51. The molecule has 0 saturated heterocycles. The third-order valence-corrected chi connectivity index (χ3v) is 4.97. The molecule has 0 radical (unpaired) electrons. The van der Waals surface area contributed by atoms with E-state index >= 15 is 0 Å². The third kappa shape index (κ3) is 3.23. The van der Waals surface area contributed by atoms with Crippen molar-refractivity contribution in [2.75, 3.05) is 25.9 Å². The van der Waals surface area contributed by atoms with E-state index in [9.17, 15) is 0 Å². The van der Waals surface area contributed by atoms with Gasteiger partial charge in [0.05, 0.1) is 18.3 Å². The Hall–Kier alpha value is -3.91. The highest BCUT2D eigenvalue weighted by Crippen LogP contribution is 2.31. The fourth-order valence-corrected chi connectivity index (χ4v) is 3.51. The van der Waals surface area contributed by atoms with Crippen LogP contribution in [0.1, 0.15) is 5.69 Å². The van der Waals surface area contributed by atoms with E-state index in [-0.39, 0.29) is 0 Å². The highest BCUT2D eigenvalue weighted by Gasteiger charge is 2.19. The first kappa shape index (κ1) is 18.1. The highest BCUT2D eigenvalue weighted by molar-refractivity contribution is 5.82. The first-order valence-electron chi connectivity index (χ1n) is 9.54. The van der Waals surface area contributed by atoms with Crippen LogP contribution in [0.5, 0.6) is 17.4 Å². The monoisotopic (exact) mass is 400 g/mol. The van der Waals surface area contributed by atoms with Crippen LogP contribution in [0.3, 0.4) is 0 Å². The molecule has 1 aliphatic rings. The Morgan fingerprint density at radius 3 is 2.63 bits per heavy atom. The highest BCUT2D eigenvalue weighted by atomic mass is 16.5. The van der Waals surface area contributed by atoms with Gasteiger partial charge in [-0.25, -0.2) is 15.0 Å². The van der Waals surface area contributed by atoms with E-state index < -0.39 is 0 Å². The van der Waals surface area contributed by atoms with Gasteiger partial charge in [0, 0.05) is 37.1 Å². The molecular weight excluding hydrogens is 380 g/mol. The molecule has 0 bridgehead atoms. The van der Waals surface area contributed by atoms with Crippen molar-refractivity contribution in [1.82, 2.24) is 24.7 Å². The van der Waals surface area contributed by atoms with Gasteiger partial charge in [-0.1, -0.05) is 6.08 Å². The van der Waals surface area contributed by atoms with Gasteiger partial charge in [0.15, 0.2) is 0 Å². The second kappa shape index (κ2) is 7.49. The van der Waals surface area contributed by atoms with E-state index in [0.717, 1.165) is 41.3 Å². The molecule has 0 atom stereocenters. The maximum absolute atomic E-state index is 6.20. The topological polar surface area (TPSA) is 99.6 Å². The number of nitrogens with two attached hydrogens (primary N) is 1. The molecule has 1 aliphatic heterocycles. The summed E-state index contributed by atoms with van der Waals surface area (Å²) in [5, 5.41) is 3.32. The zero-order valence-electron chi connectivity index (χ0n) is 16.4. The van der Waals surface area contributed by atoms with Gasteiger partial charge in [-0.05, 0) is 42.0 Å². The molecular formula is C22H20N6O2. The average molecular weight is 400 g/mol. The summed E-state index contributed by atoms with van der Waals surface area (Å²) in [6, 6.07) is 13.1. The first-order valence-corrected chi connectivity index (χ1v) is 9.54. The van der Waals surface area contributed by atoms with Gasteiger partial charge in [-0.15, -0.1) is 0 Å². The van der Waals surface area contributed by atoms with Gasteiger partial charge in [-0.2, -0.15) is 0 Å². The molecule has 1 aromatic carbocycles. The van der Waals surface area contributed by atoms with Crippen LogP contribution in [0, 0.1) is 0 Å². The van der Waals surface area contributed by atoms with Crippen LogP contribution in [0.4, 0.5) is 5.95 Å². The van der Waals surface area contributed by atoms with Crippen LogP contribution in [0.15, 0.2) is 60.9 Å². The zero-order valence-corrected chi connectivity index (χ0v) is 16.4. The predicted octanol–water partition coefficient (Wildman–Crippen LogP) is 3.16. The number of hydrogen-bond donors (Lipinski definition) is 2. The molecule has 4 heterocycles. The minimum absolute atomic E-state index is 0.397. The van der Waals surface area contributed by atoms with Crippen LogP contribution in [0.25, 0.3) is 22.5 Å². The second-order valence-corrected chi connectivity index (χ2v) is 6.83. The molecule has 0 saturated carbocycles. The molecule has 0 aliphatic carbocycles. The normalized spacial score (nSPS) is 13.4. The largest absolute Gasteiger partial charge is 0.497 e. The number of pyridine rings is 1. The summed E-state index contributed by atoms with van der Waals surface area (Å²) in [7, 11) is 1.61. The van der Waals surface area contributed by atoms with E-state index in [0.29, 0.717) is 23.3 Å². The summed E-state index contributed by atoms with van der Waals surface area (Å²) in [6.45, 7) is 1.63. The standard InChI is InChI=1S/C22H20N6O2/c1-29-17-7-10-25-19(12-17)30-16-4-2-14(3-5-16)21-27-20(15-6-9-24-13-15)18-8-11-26-22(23)28(18)21/h2-8,10-12,24H,9,13H2,1H3,(H2,23,26). The summed E-state index contributed by atoms with van der Waals surface area (Å²) >= 11 is 0. The van der Waals surface area contributed by atoms with Crippen molar-refractivity contribution in [1.29, 1.82) is 0 Å². The van der Waals surface area contributed by atoms with Crippen LogP contribution in [-0.2, 0) is 0 Å². The molecule has 8 heteroatoms. The molecule has 0 unspecified atom stereocenters. The first-order chi connectivity index (χ1) is 14.7. The second-order valence-electron chi connectivity index (χ2n) is 6.83. The molecule has 4 aromatic rings. The van der Waals surface area contributed by atoms with Crippen LogP contribution >= 0.6 is 0 Å². The third-order valence-electron chi connectivity index (χ3n) is 4.97. The fraction of sp³-hybridized carbons (Fsp3) is 0.136. The number of nitrogen functional groups attached to an aromatic ring is 1. The van der Waals surface area contributed by atoms with Crippen LogP contribution in [0.2, 0.25) is 0 Å². The summed E-state index contributed by atoms with van der Waals surface area (Å²) in [5.41, 5.74) is 10.1. The van der Waals surface area contributed by atoms with Crippen molar-refractivity contribution in [3.63, 3.8) is 0 Å².